The van der Waals surface area contributed by atoms with Gasteiger partial charge in [0.1, 0.15) is 13.8 Å². The Hall–Kier alpha value is -1.28. The average molecular weight is 283 g/mol. The summed E-state index contributed by atoms with van der Waals surface area (Å²) >= 11 is 2.33. The Morgan fingerprint density at radius 1 is 1.21 bits per heavy atom. The van der Waals surface area contributed by atoms with E-state index >= 15 is 0 Å². The minimum atomic E-state index is -1.71. The van der Waals surface area contributed by atoms with Crippen LogP contribution in [0.1, 0.15) is 0 Å². The number of hydrogen-bond acceptors (Lipinski definition) is 3. The van der Waals surface area contributed by atoms with Crippen LogP contribution >= 0.6 is 0 Å². The number of nitrogens with zero attached hydrogens (tertiary/aromatic N) is 1. The minimum Gasteiger partial charge on any atom is -0.653 e. The van der Waals surface area contributed by atoms with E-state index in [0.717, 1.165) is 22.8 Å². The number of hydrogen-bond donors (Lipinski definition) is 0. The van der Waals surface area contributed by atoms with Gasteiger partial charge < -0.3 is 8.53 Å². The molecule has 0 amide bonds. The summed E-state index contributed by atoms with van der Waals surface area (Å²) in [6.45, 7) is 4.68. The molecule has 0 N–H and O–H groups in total. The molecule has 3 rings (SSSR count). The van der Waals surface area contributed by atoms with Crippen LogP contribution < -0.4 is 18.9 Å². The van der Waals surface area contributed by atoms with E-state index in [1.807, 2.05) is 6.07 Å². The van der Waals surface area contributed by atoms with Gasteiger partial charge in [-0.3, -0.25) is 4.98 Å². The molecule has 1 aliphatic heterocycles. The summed E-state index contributed by atoms with van der Waals surface area (Å²) < 4.78 is 10.7. The first kappa shape index (κ1) is 12.7. The van der Waals surface area contributed by atoms with Crippen LogP contribution in [-0.4, -0.2) is 36.8 Å². The number of rotatable bonds is 2. The highest BCUT2D eigenvalue weighted by molar-refractivity contribution is 7.03. The Kier molecular flexibility index (Phi) is 2.94. The Bertz CT molecular complexity index is 658. The number of fused-ring (bicyclic) bond motifs is 3. The Balaban J connectivity index is 2.34. The molecule has 1 aliphatic rings. The molecule has 0 fully saturated rings. The molecule has 0 spiro atoms. The Morgan fingerprint density at radius 2 is 2.00 bits per heavy atom. The van der Waals surface area contributed by atoms with Gasteiger partial charge in [-0.1, -0.05) is 25.2 Å². The standard InChI is InChI=1S/C14H15NO2Si.Al/c1-17-9-7-12-14(15-8-9)13-10(16)5-4-6-11(13)18(12,2)3;/h4-8,16H,1-3H3;/q;+1/p-1. The minimum absolute atomic E-state index is 0.820. The Morgan fingerprint density at radius 3 is 2.68 bits per heavy atom. The number of benzene rings is 1. The molecule has 0 saturated heterocycles. The largest absolute Gasteiger partial charge is 0.653 e. The quantitative estimate of drug-likeness (QED) is 0.780. The van der Waals surface area contributed by atoms with Gasteiger partial charge in [-0.25, -0.2) is 0 Å². The topological polar surface area (TPSA) is 31.4 Å². The molecule has 0 aliphatic carbocycles. The molecule has 0 unspecified atom stereocenters. The highest BCUT2D eigenvalue weighted by atomic mass is 28.3. The molecule has 2 aromatic rings. The lowest BCUT2D eigenvalue weighted by molar-refractivity contribution is 0.413. The first-order chi connectivity index (χ1) is 9.09. The second kappa shape index (κ2) is 4.38. The van der Waals surface area contributed by atoms with Gasteiger partial charge in [0.15, 0.2) is 0 Å². The van der Waals surface area contributed by atoms with E-state index in [9.17, 15) is 0 Å². The average Bonchev–Trinajstić information content (AvgIpc) is 2.67. The van der Waals surface area contributed by atoms with Crippen molar-refractivity contribution in [2.75, 3.05) is 7.11 Å². The molecular formula is C14H14AlNO2Si. The lowest BCUT2D eigenvalue weighted by Gasteiger charge is -2.18. The third-order valence-corrected chi connectivity index (χ3v) is 7.58. The molecule has 1 aromatic carbocycles. The van der Waals surface area contributed by atoms with E-state index in [1.165, 1.54) is 10.4 Å². The maximum Gasteiger partial charge on any atom is 0.482 e. The summed E-state index contributed by atoms with van der Waals surface area (Å²) in [6.07, 6.45) is 1.78. The van der Waals surface area contributed by atoms with Crippen LogP contribution in [0.2, 0.25) is 13.1 Å². The predicted octanol–water partition coefficient (Wildman–Crippen LogP) is 1.36. The number of aromatic nitrogens is 1. The van der Waals surface area contributed by atoms with Crippen molar-refractivity contribution in [2.45, 2.75) is 13.1 Å². The molecule has 94 valence electrons. The van der Waals surface area contributed by atoms with E-state index in [4.69, 9.17) is 8.53 Å². The van der Waals surface area contributed by atoms with Crippen molar-refractivity contribution in [3.8, 4) is 22.8 Å². The van der Waals surface area contributed by atoms with Gasteiger partial charge in [0, 0.05) is 5.56 Å². The fraction of sp³-hybridized carbons (Fsp3) is 0.214. The van der Waals surface area contributed by atoms with E-state index in [-0.39, 0.29) is 0 Å². The molecule has 2 heterocycles. The second-order valence-electron chi connectivity index (χ2n) is 5.19. The molecule has 3 nitrogen and oxygen atoms in total. The van der Waals surface area contributed by atoms with Gasteiger partial charge in [0.2, 0.25) is 0 Å². The zero-order valence-electron chi connectivity index (χ0n) is 11.2. The summed E-state index contributed by atoms with van der Waals surface area (Å²) in [6, 6.07) is 8.36. The number of methoxy groups -OCH3 is 1. The lowest BCUT2D eigenvalue weighted by Crippen LogP contribution is -2.49. The molecule has 0 bridgehead atoms. The molecular weight excluding hydrogens is 269 g/mol. The van der Waals surface area contributed by atoms with Crippen LogP contribution in [-0.2, 0) is 0 Å². The summed E-state index contributed by atoms with van der Waals surface area (Å²) in [4.78, 5) is 4.60. The van der Waals surface area contributed by atoms with Crippen LogP contribution in [0.25, 0.3) is 11.3 Å². The van der Waals surface area contributed by atoms with Crippen molar-refractivity contribution in [1.29, 1.82) is 0 Å². The van der Waals surface area contributed by atoms with E-state index in [0.29, 0.717) is 0 Å². The zero-order chi connectivity index (χ0) is 13.6. The van der Waals surface area contributed by atoms with Crippen molar-refractivity contribution in [3.05, 3.63) is 30.5 Å². The SMILES string of the molecule is COc1cnc2c(c1)[Si](C)(C)c1cccc([O][Al])c1-2. The monoisotopic (exact) mass is 283 g/mol. The lowest BCUT2D eigenvalue weighted by atomic mass is 10.1. The normalized spacial score (nSPS) is 14.7. The molecule has 0 atom stereocenters. The first-order valence-corrected chi connectivity index (χ1v) is 9.62. The summed E-state index contributed by atoms with van der Waals surface area (Å²) in [5.41, 5.74) is 2.19. The molecule has 1 aromatic heterocycles. The molecule has 2 radical (unpaired) electrons. The van der Waals surface area contributed by atoms with Crippen molar-refractivity contribution in [2.24, 2.45) is 0 Å². The highest BCUT2D eigenvalue weighted by Crippen LogP contribution is 2.34. The van der Waals surface area contributed by atoms with Gasteiger partial charge in [-0.05, 0) is 22.5 Å². The maximum atomic E-state index is 5.43. The zero-order valence-corrected chi connectivity index (χ0v) is 13.4. The smallest absolute Gasteiger partial charge is 0.482 e. The predicted molar refractivity (Wildman–Crippen MR) is 79.4 cm³/mol. The van der Waals surface area contributed by atoms with Gasteiger partial charge in [-0.15, -0.1) is 0 Å². The molecule has 0 saturated carbocycles. The first-order valence-electron chi connectivity index (χ1n) is 6.14. The van der Waals surface area contributed by atoms with E-state index in [1.54, 1.807) is 13.3 Å². The maximum absolute atomic E-state index is 5.43. The van der Waals surface area contributed by atoms with Crippen LogP contribution in [0, 0.1) is 0 Å². The van der Waals surface area contributed by atoms with Crippen LogP contribution in [0.15, 0.2) is 30.5 Å². The molecule has 19 heavy (non-hydrogen) atoms. The summed E-state index contributed by atoms with van der Waals surface area (Å²) in [5, 5.41) is 2.69. The number of ether oxygens (including phenoxy) is 1. The van der Waals surface area contributed by atoms with Crippen LogP contribution in [0.5, 0.6) is 11.5 Å². The van der Waals surface area contributed by atoms with E-state index in [2.05, 4.69) is 52.9 Å². The third-order valence-electron chi connectivity index (χ3n) is 3.83. The van der Waals surface area contributed by atoms with Crippen LogP contribution in [0.4, 0.5) is 0 Å². The van der Waals surface area contributed by atoms with E-state index < -0.39 is 8.07 Å². The molecule has 5 heteroatoms. The van der Waals surface area contributed by atoms with Crippen LogP contribution in [0.3, 0.4) is 0 Å². The fourth-order valence-electron chi connectivity index (χ4n) is 2.77. The van der Waals surface area contributed by atoms with Crippen molar-refractivity contribution in [1.82, 2.24) is 4.98 Å². The Labute approximate surface area is 122 Å². The van der Waals surface area contributed by atoms with Gasteiger partial charge in [-0.2, -0.15) is 0 Å². The second-order valence-corrected chi connectivity index (χ2v) is 9.76. The van der Waals surface area contributed by atoms with Crippen molar-refractivity contribution < 1.29 is 8.53 Å². The van der Waals surface area contributed by atoms with Gasteiger partial charge >= 0.3 is 16.6 Å². The van der Waals surface area contributed by atoms with Crippen molar-refractivity contribution in [3.63, 3.8) is 0 Å². The number of pyridine rings is 1. The summed E-state index contributed by atoms with van der Waals surface area (Å²) in [7, 11) is -0.0307. The summed E-state index contributed by atoms with van der Waals surface area (Å²) in [5.74, 6) is 1.69. The highest BCUT2D eigenvalue weighted by Gasteiger charge is 2.40. The third kappa shape index (κ3) is 1.73. The van der Waals surface area contributed by atoms with Gasteiger partial charge in [0.25, 0.3) is 0 Å². The fourth-order valence-corrected chi connectivity index (χ4v) is 5.92. The van der Waals surface area contributed by atoms with Gasteiger partial charge in [0.05, 0.1) is 24.8 Å². The van der Waals surface area contributed by atoms with Crippen molar-refractivity contribution >= 4 is 35.1 Å².